The summed E-state index contributed by atoms with van der Waals surface area (Å²) in [4.78, 5) is 11.4. The molecule has 0 atom stereocenters. The van der Waals surface area contributed by atoms with Crippen molar-refractivity contribution in [2.45, 2.75) is 26.7 Å². The Hall–Kier alpha value is -1.29. The molecule has 0 radical (unpaired) electrons. The highest BCUT2D eigenvalue weighted by molar-refractivity contribution is 5.83. The number of amides is 1. The molecule has 0 bridgehead atoms. The van der Waals surface area contributed by atoms with E-state index in [1.807, 2.05) is 26.0 Å². The number of carbonyl (C=O) groups is 1. The van der Waals surface area contributed by atoms with Gasteiger partial charge in [0.2, 0.25) is 5.91 Å². The van der Waals surface area contributed by atoms with Crippen LogP contribution in [-0.2, 0) is 4.79 Å². The smallest absolute Gasteiger partial charge is 0.238 e. The van der Waals surface area contributed by atoms with Crippen molar-refractivity contribution in [2.75, 3.05) is 12.0 Å². The lowest BCUT2D eigenvalue weighted by Gasteiger charge is -2.10. The number of nitrogens with one attached hydrogen (secondary N) is 1. The predicted octanol–water partition coefficient (Wildman–Crippen LogP) is 0.914. The molecule has 0 aliphatic carbocycles. The Morgan fingerprint density at radius 3 is 2.50 bits per heavy atom. The maximum atomic E-state index is 11.4. The maximum Gasteiger partial charge on any atom is 0.238 e. The normalized spacial score (nSPS) is 10.2. The molecule has 3 N–H and O–H groups in total. The van der Waals surface area contributed by atoms with Crippen LogP contribution in [0.2, 0.25) is 0 Å². The molecule has 0 aliphatic rings. The average molecular weight is 195 g/mol. The van der Waals surface area contributed by atoms with E-state index >= 15 is 0 Å². The third-order valence-corrected chi connectivity index (χ3v) is 2.12. The van der Waals surface area contributed by atoms with Gasteiger partial charge in [0.15, 0.2) is 0 Å². The zero-order chi connectivity index (χ0) is 10.6. The maximum absolute atomic E-state index is 11.4. The van der Waals surface area contributed by atoms with Gasteiger partial charge in [-0.25, -0.2) is 0 Å². The van der Waals surface area contributed by atoms with Crippen molar-refractivity contribution in [1.82, 2.24) is 4.68 Å². The van der Waals surface area contributed by atoms with Crippen LogP contribution in [-0.4, -0.2) is 17.1 Å². The highest BCUT2D eigenvalue weighted by Gasteiger charge is 2.04. The third kappa shape index (κ3) is 2.60. The summed E-state index contributed by atoms with van der Waals surface area (Å²) < 4.78 is 1.79. The lowest BCUT2D eigenvalue weighted by Crippen LogP contribution is -2.24. The van der Waals surface area contributed by atoms with Crippen LogP contribution in [0.15, 0.2) is 12.1 Å². The van der Waals surface area contributed by atoms with E-state index in [0.29, 0.717) is 13.0 Å². The minimum Gasteiger partial charge on any atom is -0.330 e. The van der Waals surface area contributed by atoms with Crippen molar-refractivity contribution in [1.29, 1.82) is 0 Å². The number of hydrogen-bond acceptors (Lipinski definition) is 2. The predicted molar refractivity (Wildman–Crippen MR) is 56.6 cm³/mol. The van der Waals surface area contributed by atoms with E-state index in [4.69, 9.17) is 5.73 Å². The Kier molecular flexibility index (Phi) is 3.71. The number of rotatable bonds is 4. The summed E-state index contributed by atoms with van der Waals surface area (Å²) in [5.74, 6) is 0.0119. The van der Waals surface area contributed by atoms with Crippen molar-refractivity contribution in [2.24, 2.45) is 5.73 Å². The molecule has 4 heteroatoms. The molecular formula is C10H17N3O. The summed E-state index contributed by atoms with van der Waals surface area (Å²) in [5.41, 5.74) is 10.2. The molecular weight excluding hydrogens is 178 g/mol. The van der Waals surface area contributed by atoms with E-state index in [-0.39, 0.29) is 5.91 Å². The van der Waals surface area contributed by atoms with Gasteiger partial charge in [-0.15, -0.1) is 0 Å². The Labute approximate surface area is 84.1 Å². The minimum absolute atomic E-state index is 0.0119. The fraction of sp³-hybridized carbons (Fsp3) is 0.500. The van der Waals surface area contributed by atoms with E-state index in [0.717, 1.165) is 17.8 Å². The molecule has 1 rings (SSSR count). The van der Waals surface area contributed by atoms with E-state index in [1.54, 1.807) is 4.68 Å². The van der Waals surface area contributed by atoms with Gasteiger partial charge in [0.05, 0.1) is 0 Å². The second kappa shape index (κ2) is 4.81. The Morgan fingerprint density at radius 1 is 1.43 bits per heavy atom. The summed E-state index contributed by atoms with van der Waals surface area (Å²) in [7, 11) is 0. The number of nitrogens with zero attached hydrogens (tertiary/aromatic N) is 1. The van der Waals surface area contributed by atoms with Crippen LogP contribution in [0.3, 0.4) is 0 Å². The zero-order valence-electron chi connectivity index (χ0n) is 8.71. The molecule has 0 saturated carbocycles. The summed E-state index contributed by atoms with van der Waals surface area (Å²) in [5, 5.41) is 0. The first-order chi connectivity index (χ1) is 6.65. The molecule has 1 aromatic rings. The van der Waals surface area contributed by atoms with Gasteiger partial charge in [0.25, 0.3) is 0 Å². The first-order valence-electron chi connectivity index (χ1n) is 4.80. The van der Waals surface area contributed by atoms with E-state index in [2.05, 4.69) is 5.43 Å². The molecule has 0 aromatic carbocycles. The van der Waals surface area contributed by atoms with Crippen LogP contribution in [0, 0.1) is 13.8 Å². The third-order valence-electron chi connectivity index (χ3n) is 2.12. The first kappa shape index (κ1) is 10.8. The standard InChI is InChI=1S/C10H17N3O/c1-8-5-6-9(2)13(8)12-10(14)4-3-7-11/h5-6H,3-4,7,11H2,1-2H3,(H,12,14). The molecule has 1 heterocycles. The fourth-order valence-corrected chi connectivity index (χ4v) is 1.29. The van der Waals surface area contributed by atoms with E-state index < -0.39 is 0 Å². The van der Waals surface area contributed by atoms with Gasteiger partial charge >= 0.3 is 0 Å². The topological polar surface area (TPSA) is 60.0 Å². The second-order valence-electron chi connectivity index (χ2n) is 3.38. The summed E-state index contributed by atoms with van der Waals surface area (Å²) >= 11 is 0. The van der Waals surface area contributed by atoms with Crippen LogP contribution in [0.4, 0.5) is 0 Å². The van der Waals surface area contributed by atoms with Gasteiger partial charge in [0, 0.05) is 17.8 Å². The van der Waals surface area contributed by atoms with Crippen molar-refractivity contribution < 1.29 is 4.79 Å². The molecule has 1 aromatic heterocycles. The molecule has 0 saturated heterocycles. The fourth-order valence-electron chi connectivity index (χ4n) is 1.29. The molecule has 0 unspecified atom stereocenters. The van der Waals surface area contributed by atoms with Crippen LogP contribution in [0.1, 0.15) is 24.2 Å². The van der Waals surface area contributed by atoms with Crippen LogP contribution < -0.4 is 11.2 Å². The summed E-state index contributed by atoms with van der Waals surface area (Å²) in [6, 6.07) is 3.94. The molecule has 0 fully saturated rings. The van der Waals surface area contributed by atoms with Crippen LogP contribution >= 0.6 is 0 Å². The number of nitrogens with two attached hydrogens (primary N) is 1. The summed E-state index contributed by atoms with van der Waals surface area (Å²) in [6.07, 6.45) is 1.21. The number of aryl methyl sites for hydroxylation is 2. The Morgan fingerprint density at radius 2 is 2.00 bits per heavy atom. The lowest BCUT2D eigenvalue weighted by molar-refractivity contribution is -0.117. The Balaban J connectivity index is 2.55. The van der Waals surface area contributed by atoms with Gasteiger partial charge in [-0.05, 0) is 38.9 Å². The molecule has 0 aliphatic heterocycles. The van der Waals surface area contributed by atoms with E-state index in [9.17, 15) is 4.79 Å². The van der Waals surface area contributed by atoms with Crippen molar-refractivity contribution in [3.05, 3.63) is 23.5 Å². The average Bonchev–Trinajstić information content (AvgIpc) is 2.46. The SMILES string of the molecule is Cc1ccc(C)n1NC(=O)CCCN. The van der Waals surface area contributed by atoms with Crippen molar-refractivity contribution in [3.63, 3.8) is 0 Å². The number of aromatic nitrogens is 1. The van der Waals surface area contributed by atoms with Crippen molar-refractivity contribution in [3.8, 4) is 0 Å². The van der Waals surface area contributed by atoms with Gasteiger partial charge in [0.1, 0.15) is 0 Å². The highest BCUT2D eigenvalue weighted by Crippen LogP contribution is 2.04. The first-order valence-corrected chi connectivity index (χ1v) is 4.80. The minimum atomic E-state index is 0.0119. The molecule has 14 heavy (non-hydrogen) atoms. The number of hydrogen-bond donors (Lipinski definition) is 2. The monoisotopic (exact) mass is 195 g/mol. The molecule has 1 amide bonds. The van der Waals surface area contributed by atoms with Crippen LogP contribution in [0.5, 0.6) is 0 Å². The quantitative estimate of drug-likeness (QED) is 0.750. The summed E-state index contributed by atoms with van der Waals surface area (Å²) in [6.45, 7) is 4.46. The van der Waals surface area contributed by atoms with Crippen LogP contribution in [0.25, 0.3) is 0 Å². The van der Waals surface area contributed by atoms with Gasteiger partial charge in [-0.2, -0.15) is 0 Å². The van der Waals surface area contributed by atoms with E-state index in [1.165, 1.54) is 0 Å². The molecule has 4 nitrogen and oxygen atoms in total. The van der Waals surface area contributed by atoms with Gasteiger partial charge < -0.3 is 5.73 Å². The van der Waals surface area contributed by atoms with Gasteiger partial charge in [-0.3, -0.25) is 14.9 Å². The lowest BCUT2D eigenvalue weighted by atomic mass is 10.3. The molecule has 78 valence electrons. The van der Waals surface area contributed by atoms with Gasteiger partial charge in [-0.1, -0.05) is 0 Å². The molecule has 0 spiro atoms. The highest BCUT2D eigenvalue weighted by atomic mass is 16.2. The zero-order valence-corrected chi connectivity index (χ0v) is 8.71. The Bertz CT molecular complexity index is 298. The second-order valence-corrected chi connectivity index (χ2v) is 3.38. The van der Waals surface area contributed by atoms with Crippen molar-refractivity contribution >= 4 is 5.91 Å². The largest absolute Gasteiger partial charge is 0.330 e. The number of carbonyl (C=O) groups excluding carboxylic acids is 1.